The third kappa shape index (κ3) is 7.67. The molecule has 0 saturated carbocycles. The highest BCUT2D eigenvalue weighted by Gasteiger charge is 2.39. The predicted molar refractivity (Wildman–Crippen MR) is 139 cm³/mol. The van der Waals surface area contributed by atoms with E-state index in [4.69, 9.17) is 9.47 Å². The third-order valence-electron chi connectivity index (χ3n) is 8.18. The van der Waals surface area contributed by atoms with Gasteiger partial charge in [-0.25, -0.2) is 4.79 Å². The Balaban J connectivity index is 1.20. The zero-order valence-electron chi connectivity index (χ0n) is 22.1. The number of rotatable bonds is 11. The Morgan fingerprint density at radius 2 is 1.75 bits per heavy atom. The molecule has 200 valence electrons. The summed E-state index contributed by atoms with van der Waals surface area (Å²) in [5.41, 5.74) is 1.41. The average molecular weight is 501 g/mol. The summed E-state index contributed by atoms with van der Waals surface area (Å²) >= 11 is 0. The molecule has 0 aromatic heterocycles. The second kappa shape index (κ2) is 13.4. The number of carbonyl (C=O) groups excluding carboxylic acids is 2. The molecule has 3 fully saturated rings. The molecule has 3 heterocycles. The number of piperidine rings is 1. The van der Waals surface area contributed by atoms with Gasteiger partial charge in [0.1, 0.15) is 0 Å². The third-order valence-corrected chi connectivity index (χ3v) is 8.18. The standard InChI is InChI=1S/C28H44N4O4/c1-29-22-26(36-28(29)34)32-19-18-31(17-14-27(33)35-2)21-25(32)11-7-6-8-23-12-15-30(16-13-23)20-24-9-4-3-5-10-24/h3-5,9-10,23,25-26H,6-8,11-22H2,1-2H3. The molecule has 2 atom stereocenters. The SMILES string of the molecule is COC(=O)CCN1CCN(C2CN(C)C(=O)O2)C(CCCCC2CCN(Cc3ccccc3)CC2)C1. The van der Waals surface area contributed by atoms with Crippen molar-refractivity contribution in [1.82, 2.24) is 19.6 Å². The van der Waals surface area contributed by atoms with Crippen LogP contribution < -0.4 is 0 Å². The van der Waals surface area contributed by atoms with Crippen LogP contribution in [0, 0.1) is 5.92 Å². The molecule has 0 spiro atoms. The van der Waals surface area contributed by atoms with Crippen LogP contribution in [0.5, 0.6) is 0 Å². The van der Waals surface area contributed by atoms with Gasteiger partial charge in [-0.05, 0) is 43.8 Å². The van der Waals surface area contributed by atoms with Gasteiger partial charge < -0.3 is 14.4 Å². The largest absolute Gasteiger partial charge is 0.469 e. The molecule has 1 aromatic rings. The number of piperazine rings is 1. The van der Waals surface area contributed by atoms with Crippen molar-refractivity contribution in [2.45, 2.75) is 63.8 Å². The molecule has 1 aromatic carbocycles. The van der Waals surface area contributed by atoms with E-state index in [0.717, 1.165) is 45.1 Å². The Labute approximate surface area is 216 Å². The number of carbonyl (C=O) groups is 2. The summed E-state index contributed by atoms with van der Waals surface area (Å²) in [6.45, 7) is 7.47. The van der Waals surface area contributed by atoms with Crippen LogP contribution in [-0.4, -0.2) is 104 Å². The predicted octanol–water partition coefficient (Wildman–Crippen LogP) is 3.42. The summed E-state index contributed by atoms with van der Waals surface area (Å²) in [4.78, 5) is 32.6. The van der Waals surface area contributed by atoms with Crippen LogP contribution in [0.4, 0.5) is 4.79 Å². The molecule has 3 saturated heterocycles. The van der Waals surface area contributed by atoms with Gasteiger partial charge in [0.25, 0.3) is 0 Å². The Morgan fingerprint density at radius 3 is 2.44 bits per heavy atom. The fourth-order valence-electron chi connectivity index (χ4n) is 5.94. The minimum Gasteiger partial charge on any atom is -0.469 e. The van der Waals surface area contributed by atoms with Gasteiger partial charge in [-0.2, -0.15) is 0 Å². The fraction of sp³-hybridized carbons (Fsp3) is 0.714. The summed E-state index contributed by atoms with van der Waals surface area (Å²) in [6, 6.07) is 11.1. The van der Waals surface area contributed by atoms with Crippen molar-refractivity contribution < 1.29 is 19.1 Å². The van der Waals surface area contributed by atoms with Crippen molar-refractivity contribution >= 4 is 12.1 Å². The Kier molecular flexibility index (Phi) is 10.0. The molecule has 3 aliphatic heterocycles. The number of likely N-dealkylation sites (tertiary alicyclic amines) is 1. The van der Waals surface area contributed by atoms with Crippen LogP contribution in [0.15, 0.2) is 30.3 Å². The molecule has 4 rings (SSSR count). The van der Waals surface area contributed by atoms with Gasteiger partial charge in [0.05, 0.1) is 20.1 Å². The first kappa shape index (κ1) is 26.9. The van der Waals surface area contributed by atoms with E-state index in [9.17, 15) is 9.59 Å². The van der Waals surface area contributed by atoms with E-state index in [-0.39, 0.29) is 18.3 Å². The number of amides is 1. The summed E-state index contributed by atoms with van der Waals surface area (Å²) in [7, 11) is 3.25. The monoisotopic (exact) mass is 500 g/mol. The first-order chi connectivity index (χ1) is 17.5. The average Bonchev–Trinajstić information content (AvgIpc) is 3.24. The van der Waals surface area contributed by atoms with Crippen LogP contribution in [0.25, 0.3) is 0 Å². The number of methoxy groups -OCH3 is 1. The van der Waals surface area contributed by atoms with E-state index in [1.54, 1.807) is 11.9 Å². The highest BCUT2D eigenvalue weighted by Crippen LogP contribution is 2.27. The molecule has 8 heteroatoms. The molecular weight excluding hydrogens is 456 g/mol. The maximum absolute atomic E-state index is 12.0. The van der Waals surface area contributed by atoms with Gasteiger partial charge in [0.15, 0.2) is 6.23 Å². The first-order valence-electron chi connectivity index (χ1n) is 13.7. The zero-order chi connectivity index (χ0) is 25.3. The molecular formula is C28H44N4O4. The minimum absolute atomic E-state index is 0.157. The van der Waals surface area contributed by atoms with Crippen molar-refractivity contribution in [2.24, 2.45) is 5.92 Å². The molecule has 36 heavy (non-hydrogen) atoms. The smallest absolute Gasteiger partial charge is 0.411 e. The van der Waals surface area contributed by atoms with Crippen molar-refractivity contribution in [3.05, 3.63) is 35.9 Å². The fourth-order valence-corrected chi connectivity index (χ4v) is 5.94. The summed E-state index contributed by atoms with van der Waals surface area (Å²) < 4.78 is 10.5. The molecule has 3 aliphatic rings. The number of benzene rings is 1. The first-order valence-corrected chi connectivity index (χ1v) is 13.7. The highest BCUT2D eigenvalue weighted by molar-refractivity contribution is 5.69. The van der Waals surface area contributed by atoms with Crippen LogP contribution in [0.3, 0.4) is 0 Å². The normalized spacial score (nSPS) is 24.7. The van der Waals surface area contributed by atoms with Crippen LogP contribution in [0.1, 0.15) is 50.5 Å². The van der Waals surface area contributed by atoms with E-state index in [2.05, 4.69) is 45.0 Å². The van der Waals surface area contributed by atoms with Crippen LogP contribution in [0.2, 0.25) is 0 Å². The second-order valence-electron chi connectivity index (χ2n) is 10.7. The van der Waals surface area contributed by atoms with Crippen molar-refractivity contribution in [1.29, 1.82) is 0 Å². The second-order valence-corrected chi connectivity index (χ2v) is 10.7. The number of likely N-dealkylation sites (N-methyl/N-ethyl adjacent to an activating group) is 1. The highest BCUT2D eigenvalue weighted by atomic mass is 16.6. The maximum atomic E-state index is 12.0. The van der Waals surface area contributed by atoms with E-state index in [1.807, 2.05) is 0 Å². The lowest BCUT2D eigenvalue weighted by molar-refractivity contribution is -0.141. The van der Waals surface area contributed by atoms with Gasteiger partial charge in [0.2, 0.25) is 0 Å². The summed E-state index contributed by atoms with van der Waals surface area (Å²) in [5, 5.41) is 0. The lowest BCUT2D eigenvalue weighted by atomic mass is 9.90. The number of hydrogen-bond acceptors (Lipinski definition) is 7. The van der Waals surface area contributed by atoms with Crippen molar-refractivity contribution in [3.63, 3.8) is 0 Å². The molecule has 0 radical (unpaired) electrons. The Hall–Kier alpha value is -2.16. The van der Waals surface area contributed by atoms with Gasteiger partial charge in [-0.3, -0.25) is 19.5 Å². The zero-order valence-corrected chi connectivity index (χ0v) is 22.1. The number of ether oxygens (including phenoxy) is 2. The van der Waals surface area contributed by atoms with Gasteiger partial charge >= 0.3 is 12.1 Å². The molecule has 1 amide bonds. The van der Waals surface area contributed by atoms with Gasteiger partial charge in [-0.15, -0.1) is 0 Å². The number of cyclic esters (lactones) is 1. The Bertz CT molecular complexity index is 830. The van der Waals surface area contributed by atoms with Gasteiger partial charge in [-0.1, -0.05) is 49.6 Å². The lowest BCUT2D eigenvalue weighted by Gasteiger charge is -2.43. The minimum atomic E-state index is -0.231. The molecule has 2 unspecified atom stereocenters. The maximum Gasteiger partial charge on any atom is 0.411 e. The quantitative estimate of drug-likeness (QED) is 0.341. The van der Waals surface area contributed by atoms with Crippen LogP contribution in [-0.2, 0) is 20.8 Å². The molecule has 8 nitrogen and oxygen atoms in total. The molecule has 0 bridgehead atoms. The van der Waals surface area contributed by atoms with Crippen molar-refractivity contribution in [2.75, 3.05) is 60.0 Å². The van der Waals surface area contributed by atoms with E-state index in [1.165, 1.54) is 57.9 Å². The topological polar surface area (TPSA) is 65.6 Å². The van der Waals surface area contributed by atoms with E-state index >= 15 is 0 Å². The number of nitrogens with zero attached hydrogens (tertiary/aromatic N) is 4. The molecule has 0 aliphatic carbocycles. The van der Waals surface area contributed by atoms with E-state index < -0.39 is 0 Å². The van der Waals surface area contributed by atoms with E-state index in [0.29, 0.717) is 19.0 Å². The number of esters is 1. The molecule has 0 N–H and O–H groups in total. The van der Waals surface area contributed by atoms with Crippen LogP contribution >= 0.6 is 0 Å². The summed E-state index contributed by atoms with van der Waals surface area (Å²) in [6.07, 6.45) is 7.47. The van der Waals surface area contributed by atoms with Gasteiger partial charge in [0, 0.05) is 45.8 Å². The van der Waals surface area contributed by atoms with Crippen molar-refractivity contribution in [3.8, 4) is 0 Å². The lowest BCUT2D eigenvalue weighted by Crippen LogP contribution is -2.57. The summed E-state index contributed by atoms with van der Waals surface area (Å²) in [5.74, 6) is 0.676. The number of unbranched alkanes of at least 4 members (excludes halogenated alkanes) is 1. The Morgan fingerprint density at radius 1 is 1.00 bits per heavy atom. The number of hydrogen-bond donors (Lipinski definition) is 0.